The van der Waals surface area contributed by atoms with Crippen LogP contribution in [-0.4, -0.2) is 24.1 Å². The first-order valence-electron chi connectivity index (χ1n) is 5.49. The van der Waals surface area contributed by atoms with E-state index >= 15 is 0 Å². The minimum atomic E-state index is 0.723. The molecule has 2 rings (SSSR count). The molecular formula is C13H14BrN3O. The van der Waals surface area contributed by atoms with Gasteiger partial charge in [-0.3, -0.25) is 0 Å². The summed E-state index contributed by atoms with van der Waals surface area (Å²) < 4.78 is 6.12. The van der Waals surface area contributed by atoms with Gasteiger partial charge in [0.05, 0.1) is 12.8 Å². The smallest absolute Gasteiger partial charge is 0.142 e. The molecule has 0 bridgehead atoms. The Morgan fingerprint density at radius 2 is 1.94 bits per heavy atom. The van der Waals surface area contributed by atoms with Gasteiger partial charge < -0.3 is 9.64 Å². The molecule has 0 saturated carbocycles. The summed E-state index contributed by atoms with van der Waals surface area (Å²) in [5, 5.41) is 0. The third-order valence-electron chi connectivity index (χ3n) is 2.58. The fourth-order valence-corrected chi connectivity index (χ4v) is 2.18. The first-order chi connectivity index (χ1) is 8.61. The van der Waals surface area contributed by atoms with Crippen LogP contribution in [0.4, 0.5) is 11.5 Å². The van der Waals surface area contributed by atoms with Crippen molar-refractivity contribution >= 4 is 27.4 Å². The summed E-state index contributed by atoms with van der Waals surface area (Å²) in [6, 6.07) is 9.70. The molecule has 5 heteroatoms. The Morgan fingerprint density at radius 1 is 1.22 bits per heavy atom. The van der Waals surface area contributed by atoms with Crippen LogP contribution < -0.4 is 9.64 Å². The first-order valence-corrected chi connectivity index (χ1v) is 6.29. The normalized spacial score (nSPS) is 10.2. The number of hydrogen-bond acceptors (Lipinski definition) is 4. The molecule has 1 heterocycles. The van der Waals surface area contributed by atoms with Crippen LogP contribution in [0.3, 0.4) is 0 Å². The van der Waals surface area contributed by atoms with Gasteiger partial charge in [-0.1, -0.05) is 12.1 Å². The highest BCUT2D eigenvalue weighted by Crippen LogP contribution is 2.31. The van der Waals surface area contributed by atoms with Gasteiger partial charge in [0.1, 0.15) is 22.0 Å². The predicted octanol–water partition coefficient (Wildman–Crippen LogP) is 3.32. The maximum atomic E-state index is 5.35. The standard InChI is InChI=1S/C13H14BrN3O/c1-9-15-12(14)8-13(16-9)17(2)10-6-4-5-7-11(10)18-3/h4-8H,1-3H3. The molecule has 0 amide bonds. The first kappa shape index (κ1) is 12.8. The number of nitrogens with zero attached hydrogens (tertiary/aromatic N) is 3. The van der Waals surface area contributed by atoms with Crippen LogP contribution in [0.15, 0.2) is 34.9 Å². The maximum Gasteiger partial charge on any atom is 0.142 e. The molecule has 18 heavy (non-hydrogen) atoms. The summed E-state index contributed by atoms with van der Waals surface area (Å²) in [6.45, 7) is 1.87. The Labute approximate surface area is 115 Å². The number of halogens is 1. The Hall–Kier alpha value is -1.62. The number of aromatic nitrogens is 2. The zero-order valence-corrected chi connectivity index (χ0v) is 12.1. The van der Waals surface area contributed by atoms with Gasteiger partial charge in [0.15, 0.2) is 0 Å². The topological polar surface area (TPSA) is 38.2 Å². The lowest BCUT2D eigenvalue weighted by atomic mass is 10.2. The number of hydrogen-bond donors (Lipinski definition) is 0. The summed E-state index contributed by atoms with van der Waals surface area (Å²) in [6.07, 6.45) is 0. The van der Waals surface area contributed by atoms with E-state index in [1.807, 2.05) is 49.2 Å². The largest absolute Gasteiger partial charge is 0.495 e. The number of methoxy groups -OCH3 is 1. The van der Waals surface area contributed by atoms with Crippen molar-refractivity contribution in [2.45, 2.75) is 6.92 Å². The van der Waals surface area contributed by atoms with Crippen LogP contribution in [0.25, 0.3) is 0 Å². The third kappa shape index (κ3) is 2.61. The lowest BCUT2D eigenvalue weighted by Crippen LogP contribution is -2.13. The molecule has 0 aliphatic rings. The van der Waals surface area contributed by atoms with Gasteiger partial charge in [-0.2, -0.15) is 0 Å². The van der Waals surface area contributed by atoms with Crippen molar-refractivity contribution in [3.05, 3.63) is 40.8 Å². The molecule has 94 valence electrons. The minimum absolute atomic E-state index is 0.723. The van der Waals surface area contributed by atoms with Crippen LogP contribution >= 0.6 is 15.9 Å². The quantitative estimate of drug-likeness (QED) is 0.815. The molecule has 0 atom stereocenters. The zero-order valence-electron chi connectivity index (χ0n) is 10.5. The second-order valence-corrected chi connectivity index (χ2v) is 4.64. The molecule has 0 N–H and O–H groups in total. The predicted molar refractivity (Wildman–Crippen MR) is 75.5 cm³/mol. The van der Waals surface area contributed by atoms with Crippen LogP contribution in [-0.2, 0) is 0 Å². The molecule has 1 aromatic heterocycles. The number of benzene rings is 1. The number of rotatable bonds is 3. The van der Waals surface area contributed by atoms with Gasteiger partial charge in [0.25, 0.3) is 0 Å². The van der Waals surface area contributed by atoms with Gasteiger partial charge in [-0.25, -0.2) is 9.97 Å². The van der Waals surface area contributed by atoms with E-state index in [1.54, 1.807) is 7.11 Å². The van der Waals surface area contributed by atoms with E-state index < -0.39 is 0 Å². The third-order valence-corrected chi connectivity index (χ3v) is 2.99. The van der Waals surface area contributed by atoms with E-state index in [1.165, 1.54) is 0 Å². The van der Waals surface area contributed by atoms with E-state index in [9.17, 15) is 0 Å². The van der Waals surface area contributed by atoms with Crippen molar-refractivity contribution in [3.8, 4) is 5.75 Å². The number of ether oxygens (including phenoxy) is 1. The summed E-state index contributed by atoms with van der Waals surface area (Å²) >= 11 is 3.38. The highest BCUT2D eigenvalue weighted by molar-refractivity contribution is 9.10. The van der Waals surface area contributed by atoms with Crippen LogP contribution in [0.1, 0.15) is 5.82 Å². The zero-order chi connectivity index (χ0) is 13.1. The number of anilines is 2. The average Bonchev–Trinajstić information content (AvgIpc) is 2.36. The Bertz CT molecular complexity index is 539. The molecular weight excluding hydrogens is 294 g/mol. The summed E-state index contributed by atoms with van der Waals surface area (Å²) in [7, 11) is 3.61. The van der Waals surface area contributed by atoms with Crippen molar-refractivity contribution in [1.29, 1.82) is 0 Å². The van der Waals surface area contributed by atoms with Gasteiger partial charge in [-0.15, -0.1) is 0 Å². The van der Waals surface area contributed by atoms with E-state index in [-0.39, 0.29) is 0 Å². The molecule has 0 aliphatic carbocycles. The van der Waals surface area contributed by atoms with E-state index in [0.29, 0.717) is 0 Å². The van der Waals surface area contributed by atoms with Gasteiger partial charge >= 0.3 is 0 Å². The van der Waals surface area contributed by atoms with E-state index in [0.717, 1.165) is 27.7 Å². The summed E-state index contributed by atoms with van der Waals surface area (Å²) in [5.41, 5.74) is 0.963. The fraction of sp³-hybridized carbons (Fsp3) is 0.231. The lowest BCUT2D eigenvalue weighted by Gasteiger charge is -2.21. The average molecular weight is 308 g/mol. The van der Waals surface area contributed by atoms with Crippen molar-refractivity contribution in [2.24, 2.45) is 0 Å². The Kier molecular flexibility index (Phi) is 3.81. The molecule has 0 fully saturated rings. The highest BCUT2D eigenvalue weighted by atomic mass is 79.9. The molecule has 0 saturated heterocycles. The molecule has 0 unspecified atom stereocenters. The highest BCUT2D eigenvalue weighted by Gasteiger charge is 2.11. The lowest BCUT2D eigenvalue weighted by molar-refractivity contribution is 0.415. The summed E-state index contributed by atoms with van der Waals surface area (Å²) in [4.78, 5) is 10.6. The number of aryl methyl sites for hydroxylation is 1. The molecule has 2 aromatic rings. The molecule has 0 radical (unpaired) electrons. The molecule has 0 aliphatic heterocycles. The van der Waals surface area contributed by atoms with Crippen molar-refractivity contribution < 1.29 is 4.74 Å². The van der Waals surface area contributed by atoms with Crippen LogP contribution in [0, 0.1) is 6.92 Å². The van der Waals surface area contributed by atoms with Crippen LogP contribution in [0.5, 0.6) is 5.75 Å². The van der Waals surface area contributed by atoms with E-state index in [4.69, 9.17) is 4.74 Å². The van der Waals surface area contributed by atoms with Crippen molar-refractivity contribution in [2.75, 3.05) is 19.1 Å². The second-order valence-electron chi connectivity index (χ2n) is 3.83. The Balaban J connectivity index is 2.44. The van der Waals surface area contributed by atoms with Gasteiger partial charge in [0.2, 0.25) is 0 Å². The number of para-hydroxylation sites is 2. The molecule has 0 spiro atoms. The monoisotopic (exact) mass is 307 g/mol. The fourth-order valence-electron chi connectivity index (χ4n) is 1.72. The van der Waals surface area contributed by atoms with Crippen LogP contribution in [0.2, 0.25) is 0 Å². The van der Waals surface area contributed by atoms with Crippen molar-refractivity contribution in [1.82, 2.24) is 9.97 Å². The molecule has 1 aromatic carbocycles. The van der Waals surface area contributed by atoms with Crippen molar-refractivity contribution in [3.63, 3.8) is 0 Å². The molecule has 4 nitrogen and oxygen atoms in total. The van der Waals surface area contributed by atoms with Gasteiger partial charge in [-0.05, 0) is 35.0 Å². The minimum Gasteiger partial charge on any atom is -0.495 e. The summed E-state index contributed by atoms with van der Waals surface area (Å²) in [5.74, 6) is 2.35. The van der Waals surface area contributed by atoms with E-state index in [2.05, 4.69) is 25.9 Å². The maximum absolute atomic E-state index is 5.35. The second kappa shape index (κ2) is 5.35. The Morgan fingerprint density at radius 3 is 2.61 bits per heavy atom. The SMILES string of the molecule is COc1ccccc1N(C)c1cc(Br)nc(C)n1. The van der Waals surface area contributed by atoms with Gasteiger partial charge in [0, 0.05) is 13.1 Å².